The molecule has 0 radical (unpaired) electrons. The zero-order valence-corrected chi connectivity index (χ0v) is 11.4. The van der Waals surface area contributed by atoms with Crippen molar-refractivity contribution in [2.75, 3.05) is 23.8 Å². The monoisotopic (exact) mass is 253 g/mol. The summed E-state index contributed by atoms with van der Waals surface area (Å²) in [5.41, 5.74) is 6.80. The summed E-state index contributed by atoms with van der Waals surface area (Å²) in [6.07, 6.45) is -0.0154. The number of hydrogen-bond acceptors (Lipinski definition) is 5. The molecule has 0 bridgehead atoms. The van der Waals surface area contributed by atoms with E-state index in [2.05, 4.69) is 30.7 Å². The number of nitrogens with zero attached hydrogens (tertiary/aromatic N) is 2. The maximum Gasteiger partial charge on any atom is 0.160 e. The highest BCUT2D eigenvalue weighted by atomic mass is 32.2. The van der Waals surface area contributed by atoms with Crippen LogP contribution in [0, 0.1) is 0 Å². The minimum absolute atomic E-state index is 0.0154. The van der Waals surface area contributed by atoms with Crippen LogP contribution in [-0.4, -0.2) is 28.1 Å². The van der Waals surface area contributed by atoms with E-state index in [0.29, 0.717) is 5.82 Å². The molecule has 2 heterocycles. The first-order chi connectivity index (χ1) is 7.97. The van der Waals surface area contributed by atoms with Crippen molar-refractivity contribution < 1.29 is 4.74 Å². The average molecular weight is 253 g/mol. The summed E-state index contributed by atoms with van der Waals surface area (Å²) in [4.78, 5) is 8.90. The van der Waals surface area contributed by atoms with Gasteiger partial charge in [-0.25, -0.2) is 9.97 Å². The Morgan fingerprint density at radius 2 is 2.18 bits per heavy atom. The molecule has 0 spiro atoms. The SMILES string of the molecule is CC(C)(C)c1cc(N)nc(C2CSCCO2)n1. The zero-order chi connectivity index (χ0) is 12.5. The average Bonchev–Trinajstić information content (AvgIpc) is 2.28. The number of thioether (sulfide) groups is 1. The number of aromatic nitrogens is 2. The molecule has 1 unspecified atom stereocenters. The van der Waals surface area contributed by atoms with Crippen LogP contribution in [0.1, 0.15) is 38.4 Å². The van der Waals surface area contributed by atoms with Gasteiger partial charge in [0.05, 0.1) is 12.3 Å². The normalized spacial score (nSPS) is 21.5. The van der Waals surface area contributed by atoms with Gasteiger partial charge in [-0.3, -0.25) is 0 Å². The van der Waals surface area contributed by atoms with Crippen LogP contribution < -0.4 is 5.73 Å². The minimum Gasteiger partial charge on any atom is -0.384 e. The molecule has 1 saturated heterocycles. The molecule has 17 heavy (non-hydrogen) atoms. The molecule has 0 aromatic carbocycles. The molecular weight excluding hydrogens is 234 g/mol. The van der Waals surface area contributed by atoms with Gasteiger partial charge in [0.2, 0.25) is 0 Å². The molecule has 4 nitrogen and oxygen atoms in total. The topological polar surface area (TPSA) is 61.0 Å². The highest BCUT2D eigenvalue weighted by Crippen LogP contribution is 2.27. The predicted molar refractivity (Wildman–Crippen MR) is 71.2 cm³/mol. The molecule has 2 N–H and O–H groups in total. The first-order valence-electron chi connectivity index (χ1n) is 5.81. The number of ether oxygens (including phenoxy) is 1. The van der Waals surface area contributed by atoms with Crippen LogP contribution in [0.2, 0.25) is 0 Å². The van der Waals surface area contributed by atoms with Gasteiger partial charge in [-0.05, 0) is 0 Å². The highest BCUT2D eigenvalue weighted by Gasteiger charge is 2.23. The Bertz CT molecular complexity index is 397. The van der Waals surface area contributed by atoms with Crippen molar-refractivity contribution in [3.05, 3.63) is 17.6 Å². The predicted octanol–water partition coefficient (Wildman–Crippen LogP) is 2.16. The van der Waals surface area contributed by atoms with Gasteiger partial charge in [-0.1, -0.05) is 20.8 Å². The van der Waals surface area contributed by atoms with E-state index in [4.69, 9.17) is 10.5 Å². The molecule has 1 aromatic rings. The van der Waals surface area contributed by atoms with Gasteiger partial charge in [0.1, 0.15) is 11.9 Å². The standard InChI is InChI=1S/C12H19N3OS/c1-12(2,3)9-6-10(13)15-11(14-9)8-7-17-5-4-16-8/h6,8H,4-5,7H2,1-3H3,(H2,13,14,15). The molecule has 1 fully saturated rings. The second kappa shape index (κ2) is 4.82. The molecule has 2 rings (SSSR count). The lowest BCUT2D eigenvalue weighted by atomic mass is 9.92. The Morgan fingerprint density at radius 3 is 2.76 bits per heavy atom. The molecule has 1 atom stereocenters. The van der Waals surface area contributed by atoms with Crippen LogP contribution in [0.15, 0.2) is 6.07 Å². The maximum absolute atomic E-state index is 5.85. The van der Waals surface area contributed by atoms with Gasteiger partial charge in [-0.2, -0.15) is 11.8 Å². The Balaban J connectivity index is 2.31. The van der Waals surface area contributed by atoms with Crippen LogP contribution in [-0.2, 0) is 10.2 Å². The lowest BCUT2D eigenvalue weighted by Gasteiger charge is -2.24. The molecule has 0 saturated carbocycles. The summed E-state index contributed by atoms with van der Waals surface area (Å²) in [7, 11) is 0. The second-order valence-corrected chi connectivity index (χ2v) is 6.37. The summed E-state index contributed by atoms with van der Waals surface area (Å²) in [5.74, 6) is 3.21. The summed E-state index contributed by atoms with van der Waals surface area (Å²) in [6, 6.07) is 1.85. The van der Waals surface area contributed by atoms with Gasteiger partial charge >= 0.3 is 0 Å². The molecule has 1 aromatic heterocycles. The van der Waals surface area contributed by atoms with Gasteiger partial charge in [0, 0.05) is 23.0 Å². The quantitative estimate of drug-likeness (QED) is 0.831. The smallest absolute Gasteiger partial charge is 0.160 e. The van der Waals surface area contributed by atoms with Crippen LogP contribution in [0.4, 0.5) is 5.82 Å². The fraction of sp³-hybridized carbons (Fsp3) is 0.667. The lowest BCUT2D eigenvalue weighted by molar-refractivity contribution is 0.0692. The Labute approximate surface area is 106 Å². The van der Waals surface area contributed by atoms with Crippen molar-refractivity contribution >= 4 is 17.6 Å². The largest absolute Gasteiger partial charge is 0.384 e. The van der Waals surface area contributed by atoms with E-state index in [1.54, 1.807) is 0 Å². The summed E-state index contributed by atoms with van der Waals surface area (Å²) < 4.78 is 5.69. The number of nitrogens with two attached hydrogens (primary N) is 1. The zero-order valence-electron chi connectivity index (χ0n) is 10.6. The number of anilines is 1. The van der Waals surface area contributed by atoms with Crippen LogP contribution >= 0.6 is 11.8 Å². The maximum atomic E-state index is 5.85. The fourth-order valence-electron chi connectivity index (χ4n) is 1.65. The molecule has 0 aliphatic carbocycles. The lowest BCUT2D eigenvalue weighted by Crippen LogP contribution is -2.22. The second-order valence-electron chi connectivity index (χ2n) is 5.22. The molecule has 1 aliphatic heterocycles. The number of nitrogen functional groups attached to an aromatic ring is 1. The van der Waals surface area contributed by atoms with Crippen molar-refractivity contribution in [2.45, 2.75) is 32.3 Å². The number of hydrogen-bond donors (Lipinski definition) is 1. The van der Waals surface area contributed by atoms with Crippen molar-refractivity contribution in [1.29, 1.82) is 0 Å². The van der Waals surface area contributed by atoms with E-state index in [1.807, 2.05) is 17.8 Å². The molecule has 5 heteroatoms. The van der Waals surface area contributed by atoms with Gasteiger partial charge in [0.25, 0.3) is 0 Å². The van der Waals surface area contributed by atoms with Gasteiger partial charge in [-0.15, -0.1) is 0 Å². The minimum atomic E-state index is -0.0202. The third-order valence-corrected chi connectivity index (χ3v) is 3.63. The third-order valence-electron chi connectivity index (χ3n) is 2.64. The summed E-state index contributed by atoms with van der Waals surface area (Å²) in [5, 5.41) is 0. The highest BCUT2D eigenvalue weighted by molar-refractivity contribution is 7.99. The number of rotatable bonds is 1. The Hall–Kier alpha value is -0.810. The molecule has 94 valence electrons. The van der Waals surface area contributed by atoms with Crippen molar-refractivity contribution in [2.24, 2.45) is 0 Å². The van der Waals surface area contributed by atoms with Crippen LogP contribution in [0.3, 0.4) is 0 Å². The molecule has 1 aliphatic rings. The van der Waals surface area contributed by atoms with E-state index in [0.717, 1.165) is 29.6 Å². The molecule has 0 amide bonds. The third kappa shape index (κ3) is 3.10. The van der Waals surface area contributed by atoms with Crippen LogP contribution in [0.25, 0.3) is 0 Å². The van der Waals surface area contributed by atoms with Crippen LogP contribution in [0.5, 0.6) is 0 Å². The first-order valence-corrected chi connectivity index (χ1v) is 6.96. The van der Waals surface area contributed by atoms with Crippen molar-refractivity contribution in [1.82, 2.24) is 9.97 Å². The Kier molecular flexibility index (Phi) is 3.58. The van der Waals surface area contributed by atoms with E-state index in [9.17, 15) is 0 Å². The fourth-order valence-corrected chi connectivity index (χ4v) is 2.49. The summed E-state index contributed by atoms with van der Waals surface area (Å²) >= 11 is 1.87. The van der Waals surface area contributed by atoms with Crippen molar-refractivity contribution in [3.63, 3.8) is 0 Å². The van der Waals surface area contributed by atoms with E-state index >= 15 is 0 Å². The summed E-state index contributed by atoms with van der Waals surface area (Å²) in [6.45, 7) is 7.12. The van der Waals surface area contributed by atoms with Gasteiger partial charge in [0.15, 0.2) is 5.82 Å². The Morgan fingerprint density at radius 1 is 1.41 bits per heavy atom. The van der Waals surface area contributed by atoms with Crippen molar-refractivity contribution in [3.8, 4) is 0 Å². The van der Waals surface area contributed by atoms with E-state index < -0.39 is 0 Å². The van der Waals surface area contributed by atoms with E-state index in [1.165, 1.54) is 0 Å². The van der Waals surface area contributed by atoms with E-state index in [-0.39, 0.29) is 11.5 Å². The molecular formula is C12H19N3OS. The van der Waals surface area contributed by atoms with Gasteiger partial charge < -0.3 is 10.5 Å². The first kappa shape index (κ1) is 12.6.